The van der Waals surface area contributed by atoms with Gasteiger partial charge in [-0.3, -0.25) is 0 Å². The van der Waals surface area contributed by atoms with Crippen LogP contribution in [0.2, 0.25) is 0 Å². The fourth-order valence-corrected chi connectivity index (χ4v) is 3.23. The van der Waals surface area contributed by atoms with E-state index in [1.807, 2.05) is 18.2 Å². The van der Waals surface area contributed by atoms with Gasteiger partial charge in [-0.1, -0.05) is 91.0 Å². The van der Waals surface area contributed by atoms with E-state index in [0.717, 1.165) is 0 Å². The Hall–Kier alpha value is -2.42. The average Bonchev–Trinajstić information content (AvgIpc) is 2.68. The van der Waals surface area contributed by atoms with Crippen molar-refractivity contribution in [1.29, 1.82) is 0 Å². The van der Waals surface area contributed by atoms with Gasteiger partial charge < -0.3 is 10.5 Å². The Bertz CT molecular complexity index is 629. The van der Waals surface area contributed by atoms with Crippen molar-refractivity contribution in [1.82, 2.24) is 0 Å². The van der Waals surface area contributed by atoms with E-state index in [1.165, 1.54) is 16.7 Å². The van der Waals surface area contributed by atoms with Gasteiger partial charge in [0.05, 0.1) is 18.6 Å². The third-order valence-corrected chi connectivity index (χ3v) is 4.38. The zero-order valence-electron chi connectivity index (χ0n) is 13.8. The highest BCUT2D eigenvalue weighted by Gasteiger charge is 2.36. The first-order valence-corrected chi connectivity index (χ1v) is 8.32. The number of nitrogens with two attached hydrogens (primary N) is 1. The standard InChI is InChI=1S/C22H23NO/c23-16-17-24-18-22(19-10-4-1-5-11-19,20-12-6-2-7-13-20)21-14-8-3-9-15-21/h1-15H,16-18,23H2. The predicted molar refractivity (Wildman–Crippen MR) is 99.1 cm³/mol. The molecule has 24 heavy (non-hydrogen) atoms. The molecule has 3 rings (SSSR count). The van der Waals surface area contributed by atoms with E-state index >= 15 is 0 Å². The van der Waals surface area contributed by atoms with Gasteiger partial charge in [0.25, 0.3) is 0 Å². The molecule has 0 aliphatic rings. The van der Waals surface area contributed by atoms with Crippen molar-refractivity contribution in [2.75, 3.05) is 19.8 Å². The summed E-state index contributed by atoms with van der Waals surface area (Å²) >= 11 is 0. The first-order valence-electron chi connectivity index (χ1n) is 8.32. The molecule has 2 heteroatoms. The summed E-state index contributed by atoms with van der Waals surface area (Å²) in [6.07, 6.45) is 0. The van der Waals surface area contributed by atoms with Crippen molar-refractivity contribution in [3.8, 4) is 0 Å². The van der Waals surface area contributed by atoms with Crippen LogP contribution in [0.4, 0.5) is 0 Å². The number of hydrogen-bond acceptors (Lipinski definition) is 2. The van der Waals surface area contributed by atoms with E-state index in [4.69, 9.17) is 10.5 Å². The lowest BCUT2D eigenvalue weighted by atomic mass is 9.70. The lowest BCUT2D eigenvalue weighted by Crippen LogP contribution is -2.35. The van der Waals surface area contributed by atoms with E-state index in [0.29, 0.717) is 19.8 Å². The van der Waals surface area contributed by atoms with Gasteiger partial charge in [-0.15, -0.1) is 0 Å². The van der Waals surface area contributed by atoms with Crippen LogP contribution in [-0.4, -0.2) is 19.8 Å². The molecule has 0 aliphatic heterocycles. The molecule has 0 atom stereocenters. The SMILES string of the molecule is NCCOCC(c1ccccc1)(c1ccccc1)c1ccccc1. The van der Waals surface area contributed by atoms with Gasteiger partial charge in [0.2, 0.25) is 0 Å². The van der Waals surface area contributed by atoms with Crippen LogP contribution in [0.3, 0.4) is 0 Å². The van der Waals surface area contributed by atoms with Crippen molar-refractivity contribution in [2.24, 2.45) is 5.73 Å². The highest BCUT2D eigenvalue weighted by atomic mass is 16.5. The van der Waals surface area contributed by atoms with Gasteiger partial charge in [-0.2, -0.15) is 0 Å². The number of ether oxygens (including phenoxy) is 1. The average molecular weight is 317 g/mol. The lowest BCUT2D eigenvalue weighted by Gasteiger charge is -2.35. The Balaban J connectivity index is 2.20. The Morgan fingerprint density at radius 2 is 1.00 bits per heavy atom. The smallest absolute Gasteiger partial charge is 0.0685 e. The van der Waals surface area contributed by atoms with Gasteiger partial charge in [0.1, 0.15) is 0 Å². The van der Waals surface area contributed by atoms with E-state index in [9.17, 15) is 0 Å². The Morgan fingerprint density at radius 3 is 1.33 bits per heavy atom. The Kier molecular flexibility index (Phi) is 5.42. The minimum absolute atomic E-state index is 0.348. The van der Waals surface area contributed by atoms with Crippen LogP contribution in [0.1, 0.15) is 16.7 Å². The van der Waals surface area contributed by atoms with Crippen molar-refractivity contribution >= 4 is 0 Å². The van der Waals surface area contributed by atoms with Crippen LogP contribution in [0.15, 0.2) is 91.0 Å². The monoisotopic (exact) mass is 317 g/mol. The first-order chi connectivity index (χ1) is 11.9. The van der Waals surface area contributed by atoms with Crippen LogP contribution >= 0.6 is 0 Å². The van der Waals surface area contributed by atoms with E-state index in [-0.39, 0.29) is 5.41 Å². The largest absolute Gasteiger partial charge is 0.379 e. The third kappa shape index (κ3) is 3.25. The molecule has 2 N–H and O–H groups in total. The molecule has 0 spiro atoms. The molecule has 0 saturated carbocycles. The molecular formula is C22H23NO. The minimum Gasteiger partial charge on any atom is -0.379 e. The minimum atomic E-state index is -0.348. The molecule has 0 unspecified atom stereocenters. The molecule has 0 aromatic heterocycles. The van der Waals surface area contributed by atoms with Crippen molar-refractivity contribution < 1.29 is 4.74 Å². The van der Waals surface area contributed by atoms with Crippen molar-refractivity contribution in [3.63, 3.8) is 0 Å². The van der Waals surface area contributed by atoms with Gasteiger partial charge in [0, 0.05) is 6.54 Å². The maximum Gasteiger partial charge on any atom is 0.0685 e. The molecule has 0 aliphatic carbocycles. The van der Waals surface area contributed by atoms with Gasteiger partial charge in [0.15, 0.2) is 0 Å². The van der Waals surface area contributed by atoms with Crippen molar-refractivity contribution in [3.05, 3.63) is 108 Å². The molecular weight excluding hydrogens is 294 g/mol. The van der Waals surface area contributed by atoms with Gasteiger partial charge in [-0.05, 0) is 16.7 Å². The summed E-state index contributed by atoms with van der Waals surface area (Å²) in [4.78, 5) is 0. The second kappa shape index (κ2) is 7.91. The highest BCUT2D eigenvalue weighted by Crippen LogP contribution is 2.39. The molecule has 0 amide bonds. The topological polar surface area (TPSA) is 35.2 Å². The Morgan fingerprint density at radius 1 is 0.625 bits per heavy atom. The van der Waals surface area contributed by atoms with Gasteiger partial charge >= 0.3 is 0 Å². The molecule has 2 nitrogen and oxygen atoms in total. The normalized spacial score (nSPS) is 11.4. The van der Waals surface area contributed by atoms with Crippen LogP contribution in [0.25, 0.3) is 0 Å². The van der Waals surface area contributed by atoms with Crippen LogP contribution in [0, 0.1) is 0 Å². The quantitative estimate of drug-likeness (QED) is 0.528. The maximum atomic E-state index is 5.99. The highest BCUT2D eigenvalue weighted by molar-refractivity contribution is 5.50. The molecule has 3 aromatic rings. The first kappa shape index (κ1) is 16.4. The summed E-state index contributed by atoms with van der Waals surface area (Å²) < 4.78 is 5.99. The third-order valence-electron chi connectivity index (χ3n) is 4.38. The summed E-state index contributed by atoms with van der Waals surface area (Å²) in [5.74, 6) is 0. The number of rotatable bonds is 7. The Labute approximate surface area is 143 Å². The zero-order valence-corrected chi connectivity index (χ0v) is 13.8. The van der Waals surface area contributed by atoms with E-state index < -0.39 is 0 Å². The number of hydrogen-bond donors (Lipinski definition) is 1. The summed E-state index contributed by atoms with van der Waals surface area (Å²) in [7, 11) is 0. The second-order valence-electron chi connectivity index (χ2n) is 5.84. The van der Waals surface area contributed by atoms with E-state index in [1.54, 1.807) is 0 Å². The van der Waals surface area contributed by atoms with Crippen molar-refractivity contribution in [2.45, 2.75) is 5.41 Å². The molecule has 0 bridgehead atoms. The fourth-order valence-electron chi connectivity index (χ4n) is 3.23. The predicted octanol–water partition coefficient (Wildman–Crippen LogP) is 4.00. The molecule has 0 saturated heterocycles. The maximum absolute atomic E-state index is 5.99. The molecule has 0 radical (unpaired) electrons. The lowest BCUT2D eigenvalue weighted by molar-refractivity contribution is 0.114. The second-order valence-corrected chi connectivity index (χ2v) is 5.84. The van der Waals surface area contributed by atoms with Crippen LogP contribution in [0.5, 0.6) is 0 Å². The van der Waals surface area contributed by atoms with Crippen LogP contribution < -0.4 is 5.73 Å². The molecule has 0 heterocycles. The summed E-state index contributed by atoms with van der Waals surface area (Å²) in [6.45, 7) is 1.63. The number of benzene rings is 3. The zero-order chi connectivity index (χ0) is 16.7. The van der Waals surface area contributed by atoms with E-state index in [2.05, 4.69) is 72.8 Å². The summed E-state index contributed by atoms with van der Waals surface area (Å²) in [5, 5.41) is 0. The molecule has 0 fully saturated rings. The molecule has 122 valence electrons. The summed E-state index contributed by atoms with van der Waals surface area (Å²) in [5.41, 5.74) is 8.97. The van der Waals surface area contributed by atoms with Crippen LogP contribution in [-0.2, 0) is 10.2 Å². The molecule has 3 aromatic carbocycles. The fraction of sp³-hybridized carbons (Fsp3) is 0.182. The van der Waals surface area contributed by atoms with Gasteiger partial charge in [-0.25, -0.2) is 0 Å². The summed E-state index contributed by atoms with van der Waals surface area (Å²) in [6, 6.07) is 31.7.